The third-order valence-corrected chi connectivity index (χ3v) is 8.13. The zero-order chi connectivity index (χ0) is 24.8. The van der Waals surface area contributed by atoms with Gasteiger partial charge in [-0.25, -0.2) is 19.2 Å². The number of nitrogens with one attached hydrogen (secondary N) is 1. The third kappa shape index (κ3) is 4.36. The number of urea groups is 1. The van der Waals surface area contributed by atoms with Gasteiger partial charge in [-0.15, -0.1) is 0 Å². The van der Waals surface area contributed by atoms with Crippen molar-refractivity contribution in [3.63, 3.8) is 0 Å². The predicted octanol–water partition coefficient (Wildman–Crippen LogP) is 3.22. The van der Waals surface area contributed by atoms with E-state index in [1.54, 1.807) is 23.2 Å². The largest absolute Gasteiger partial charge is 0.395 e. The number of aliphatic hydroxyl groups excluding tert-OH is 1. The average molecular weight is 483 g/mol. The number of carbonyl (C=O) groups is 1. The smallest absolute Gasteiger partial charge is 0.322 e. The van der Waals surface area contributed by atoms with Gasteiger partial charge < -0.3 is 15.3 Å². The molecule has 188 valence electrons. The molecule has 2 amide bonds. The molecule has 2 N–H and O–H groups in total. The standard InChI is InChI=1S/C26H35FN6O2/c1-31(2)26(19-5-4-6-20(27)15-19)11-9-25(10-12-26)17-33(24(35)30-25)21-16-28-22(18-7-8-18)29-23(21)32(3)13-14-34/h4-6,15-16,18,34H,7-14,17H2,1-3H3,(H,30,35). The molecule has 0 atom stereocenters. The Morgan fingerprint density at radius 1 is 1.20 bits per heavy atom. The number of anilines is 2. The van der Waals surface area contributed by atoms with E-state index in [-0.39, 0.29) is 29.5 Å². The molecule has 35 heavy (non-hydrogen) atoms. The van der Waals surface area contributed by atoms with Crippen molar-refractivity contribution in [2.24, 2.45) is 0 Å². The minimum atomic E-state index is -0.355. The van der Waals surface area contributed by atoms with Gasteiger partial charge in [0.2, 0.25) is 0 Å². The molecule has 1 aliphatic heterocycles. The minimum absolute atomic E-state index is 0.00152. The van der Waals surface area contributed by atoms with Crippen LogP contribution < -0.4 is 15.1 Å². The first-order valence-electron chi connectivity index (χ1n) is 12.5. The van der Waals surface area contributed by atoms with Gasteiger partial charge in [0.05, 0.1) is 24.9 Å². The molecule has 1 spiro atoms. The number of benzene rings is 1. The topological polar surface area (TPSA) is 84.8 Å². The third-order valence-electron chi connectivity index (χ3n) is 8.13. The van der Waals surface area contributed by atoms with E-state index in [4.69, 9.17) is 4.98 Å². The SMILES string of the molecule is CN(CCO)c1nc(C2CC2)ncc1N1CC2(CCC(c3cccc(F)c3)(N(C)C)CC2)NC1=O. The molecular weight excluding hydrogens is 447 g/mol. The van der Waals surface area contributed by atoms with Gasteiger partial charge in [0.15, 0.2) is 5.82 Å². The first kappa shape index (κ1) is 23.9. The molecule has 9 heteroatoms. The lowest BCUT2D eigenvalue weighted by atomic mass is 9.69. The Hall–Kier alpha value is -2.78. The molecule has 2 aliphatic carbocycles. The molecule has 8 nitrogen and oxygen atoms in total. The number of hydrogen-bond donors (Lipinski definition) is 2. The van der Waals surface area contributed by atoms with Crippen LogP contribution in [0.15, 0.2) is 30.5 Å². The van der Waals surface area contributed by atoms with Gasteiger partial charge in [0, 0.05) is 25.0 Å². The predicted molar refractivity (Wildman–Crippen MR) is 133 cm³/mol. The Labute approximate surface area is 206 Å². The summed E-state index contributed by atoms with van der Waals surface area (Å²) in [4.78, 5) is 28.5. The zero-order valence-electron chi connectivity index (χ0n) is 20.8. The van der Waals surface area contributed by atoms with E-state index in [1.165, 1.54) is 6.07 Å². The number of aromatic nitrogens is 2. The molecular formula is C26H35FN6O2. The lowest BCUT2D eigenvalue weighted by Gasteiger charge is -2.48. The van der Waals surface area contributed by atoms with Crippen LogP contribution in [0.25, 0.3) is 0 Å². The summed E-state index contributed by atoms with van der Waals surface area (Å²) >= 11 is 0. The fourth-order valence-corrected chi connectivity index (χ4v) is 5.75. The molecule has 0 unspecified atom stereocenters. The molecule has 1 aromatic carbocycles. The van der Waals surface area contributed by atoms with Crippen LogP contribution >= 0.6 is 0 Å². The maximum absolute atomic E-state index is 14.1. The van der Waals surface area contributed by atoms with Crippen LogP contribution in [0, 0.1) is 5.82 Å². The monoisotopic (exact) mass is 482 g/mol. The van der Waals surface area contributed by atoms with Gasteiger partial charge in [0.1, 0.15) is 17.3 Å². The number of nitrogens with zero attached hydrogens (tertiary/aromatic N) is 5. The van der Waals surface area contributed by atoms with Crippen molar-refractivity contribution < 1.29 is 14.3 Å². The lowest BCUT2D eigenvalue weighted by molar-refractivity contribution is 0.0655. The Balaban J connectivity index is 1.40. The van der Waals surface area contributed by atoms with Gasteiger partial charge in [-0.1, -0.05) is 12.1 Å². The van der Waals surface area contributed by atoms with E-state index >= 15 is 0 Å². The van der Waals surface area contributed by atoms with Crippen molar-refractivity contribution in [1.29, 1.82) is 0 Å². The van der Waals surface area contributed by atoms with Crippen LogP contribution in [0.3, 0.4) is 0 Å². The summed E-state index contributed by atoms with van der Waals surface area (Å²) in [7, 11) is 5.97. The summed E-state index contributed by atoms with van der Waals surface area (Å²) < 4.78 is 14.1. The molecule has 1 saturated heterocycles. The van der Waals surface area contributed by atoms with Crippen LogP contribution in [0.4, 0.5) is 20.7 Å². The summed E-state index contributed by atoms with van der Waals surface area (Å²) in [5, 5.41) is 12.8. The second-order valence-corrected chi connectivity index (χ2v) is 10.6. The number of amides is 2. The van der Waals surface area contributed by atoms with E-state index in [2.05, 4.69) is 15.2 Å². The normalized spacial score (nSPS) is 26.5. The molecule has 3 fully saturated rings. The molecule has 2 heterocycles. The molecule has 0 bridgehead atoms. The number of aliphatic hydroxyl groups is 1. The Morgan fingerprint density at radius 3 is 2.57 bits per heavy atom. The van der Waals surface area contributed by atoms with E-state index in [0.29, 0.717) is 30.5 Å². The lowest BCUT2D eigenvalue weighted by Crippen LogP contribution is -2.54. The maximum atomic E-state index is 14.1. The first-order chi connectivity index (χ1) is 16.8. The van der Waals surface area contributed by atoms with Crippen molar-refractivity contribution in [1.82, 2.24) is 20.2 Å². The highest BCUT2D eigenvalue weighted by Gasteiger charge is 2.51. The van der Waals surface area contributed by atoms with Crippen molar-refractivity contribution in [2.45, 2.75) is 55.5 Å². The molecule has 5 rings (SSSR count). The molecule has 2 aromatic rings. The van der Waals surface area contributed by atoms with Gasteiger partial charge in [-0.3, -0.25) is 9.80 Å². The van der Waals surface area contributed by atoms with Crippen molar-refractivity contribution in [3.8, 4) is 0 Å². The highest BCUT2D eigenvalue weighted by Crippen LogP contribution is 2.47. The Morgan fingerprint density at radius 2 is 1.94 bits per heavy atom. The van der Waals surface area contributed by atoms with Crippen molar-refractivity contribution in [3.05, 3.63) is 47.7 Å². The average Bonchev–Trinajstić information content (AvgIpc) is 3.64. The zero-order valence-corrected chi connectivity index (χ0v) is 20.8. The van der Waals surface area contributed by atoms with Crippen LogP contribution in [-0.2, 0) is 5.54 Å². The first-order valence-corrected chi connectivity index (χ1v) is 12.5. The second kappa shape index (κ2) is 9.02. The van der Waals surface area contributed by atoms with Crippen molar-refractivity contribution >= 4 is 17.5 Å². The van der Waals surface area contributed by atoms with Crippen LogP contribution in [0.5, 0.6) is 0 Å². The number of likely N-dealkylation sites (N-methyl/N-ethyl adjacent to an activating group) is 1. The Kier molecular flexibility index (Phi) is 6.17. The highest BCUT2D eigenvalue weighted by atomic mass is 19.1. The summed E-state index contributed by atoms with van der Waals surface area (Å²) in [6.07, 6.45) is 7.14. The molecule has 2 saturated carbocycles. The van der Waals surface area contributed by atoms with Crippen LogP contribution in [-0.4, -0.2) is 72.4 Å². The summed E-state index contributed by atoms with van der Waals surface area (Å²) in [5.41, 5.74) is 1.03. The number of hydrogen-bond acceptors (Lipinski definition) is 6. The number of rotatable bonds is 7. The van der Waals surface area contributed by atoms with Crippen LogP contribution in [0.1, 0.15) is 55.8 Å². The number of carbonyl (C=O) groups excluding carboxylic acids is 1. The number of halogens is 1. The second-order valence-electron chi connectivity index (χ2n) is 10.6. The van der Waals surface area contributed by atoms with E-state index in [9.17, 15) is 14.3 Å². The summed E-state index contributed by atoms with van der Waals surface area (Å²) in [6.45, 7) is 0.958. The fourth-order valence-electron chi connectivity index (χ4n) is 5.75. The van der Waals surface area contributed by atoms with E-state index in [1.807, 2.05) is 32.1 Å². The minimum Gasteiger partial charge on any atom is -0.395 e. The van der Waals surface area contributed by atoms with Gasteiger partial charge >= 0.3 is 6.03 Å². The Bertz CT molecular complexity index is 1100. The molecule has 3 aliphatic rings. The highest BCUT2D eigenvalue weighted by molar-refractivity contribution is 5.97. The molecule has 1 aromatic heterocycles. The van der Waals surface area contributed by atoms with E-state index in [0.717, 1.165) is 49.9 Å². The van der Waals surface area contributed by atoms with Gasteiger partial charge in [-0.2, -0.15) is 0 Å². The molecule has 0 radical (unpaired) electrons. The van der Waals surface area contributed by atoms with E-state index < -0.39 is 0 Å². The van der Waals surface area contributed by atoms with Gasteiger partial charge in [0.25, 0.3) is 0 Å². The summed E-state index contributed by atoms with van der Waals surface area (Å²) in [6, 6.07) is 6.75. The van der Waals surface area contributed by atoms with Crippen LogP contribution in [0.2, 0.25) is 0 Å². The quantitative estimate of drug-likeness (QED) is 0.631. The fraction of sp³-hybridized carbons (Fsp3) is 0.577. The van der Waals surface area contributed by atoms with Gasteiger partial charge in [-0.05, 0) is 70.3 Å². The maximum Gasteiger partial charge on any atom is 0.322 e. The van der Waals surface area contributed by atoms with Crippen molar-refractivity contribution in [2.75, 3.05) is 50.6 Å². The summed E-state index contributed by atoms with van der Waals surface area (Å²) in [5.74, 6) is 1.66.